The minimum atomic E-state index is -3.17. The fourth-order valence-corrected chi connectivity index (χ4v) is 5.64. The van der Waals surface area contributed by atoms with E-state index in [1.807, 2.05) is 19.1 Å². The van der Waals surface area contributed by atoms with Crippen molar-refractivity contribution in [2.45, 2.75) is 32.4 Å². The van der Waals surface area contributed by atoms with Gasteiger partial charge in [-0.15, -0.1) is 0 Å². The van der Waals surface area contributed by atoms with Gasteiger partial charge in [-0.05, 0) is 36.2 Å². The van der Waals surface area contributed by atoms with Crippen molar-refractivity contribution in [1.29, 1.82) is 0 Å². The average molecular weight is 506 g/mol. The van der Waals surface area contributed by atoms with Crippen molar-refractivity contribution in [1.82, 2.24) is 23.3 Å². The Morgan fingerprint density at radius 1 is 1.11 bits per heavy atom. The van der Waals surface area contributed by atoms with E-state index in [0.29, 0.717) is 49.6 Å². The Bertz CT molecular complexity index is 1460. The van der Waals surface area contributed by atoms with Gasteiger partial charge in [0.05, 0.1) is 17.5 Å². The van der Waals surface area contributed by atoms with E-state index in [9.17, 15) is 22.0 Å². The number of rotatable bonds is 6. The molecule has 1 aliphatic heterocycles. The number of nitrogens with zero attached hydrogens (tertiary/aromatic N) is 5. The van der Waals surface area contributed by atoms with E-state index in [2.05, 4.69) is 17.0 Å². The first-order valence-electron chi connectivity index (χ1n) is 11.7. The summed E-state index contributed by atoms with van der Waals surface area (Å²) in [5.74, 6) is -3.49. The molecule has 5 rings (SSSR count). The molecule has 2 fully saturated rings. The zero-order valence-electron chi connectivity index (χ0n) is 20.0. The van der Waals surface area contributed by atoms with Crippen molar-refractivity contribution < 1.29 is 17.2 Å². The van der Waals surface area contributed by atoms with Crippen molar-refractivity contribution >= 4 is 21.2 Å². The second kappa shape index (κ2) is 8.49. The lowest BCUT2D eigenvalue weighted by atomic mass is 10.0. The van der Waals surface area contributed by atoms with Crippen LogP contribution < -0.4 is 5.69 Å². The molecule has 3 heterocycles. The zero-order valence-corrected chi connectivity index (χ0v) is 20.9. The molecule has 8 nitrogen and oxygen atoms in total. The second-order valence-electron chi connectivity index (χ2n) is 9.74. The third kappa shape index (κ3) is 4.64. The number of benzene rings is 1. The van der Waals surface area contributed by atoms with Crippen LogP contribution in [0, 0.1) is 12.8 Å². The van der Waals surface area contributed by atoms with Gasteiger partial charge >= 0.3 is 5.69 Å². The lowest BCUT2D eigenvalue weighted by Crippen LogP contribution is -2.47. The van der Waals surface area contributed by atoms with Crippen LogP contribution in [-0.2, 0) is 30.2 Å². The van der Waals surface area contributed by atoms with Crippen LogP contribution in [0.25, 0.3) is 22.4 Å². The first-order chi connectivity index (χ1) is 16.4. The first kappa shape index (κ1) is 24.1. The lowest BCUT2D eigenvalue weighted by molar-refractivity contribution is 0.0951. The lowest BCUT2D eigenvalue weighted by Gasteiger charge is -2.33. The Morgan fingerprint density at radius 3 is 2.43 bits per heavy atom. The maximum absolute atomic E-state index is 13.5. The number of alkyl halides is 2. The van der Waals surface area contributed by atoms with E-state index in [0.717, 1.165) is 16.7 Å². The van der Waals surface area contributed by atoms with Gasteiger partial charge in [-0.3, -0.25) is 14.0 Å². The van der Waals surface area contributed by atoms with Crippen molar-refractivity contribution in [3.63, 3.8) is 0 Å². The van der Waals surface area contributed by atoms with Crippen LogP contribution in [0.2, 0.25) is 0 Å². The highest BCUT2D eigenvalue weighted by Gasteiger charge is 2.57. The number of halogens is 2. The molecule has 1 aliphatic carbocycles. The monoisotopic (exact) mass is 505 g/mol. The Hall–Kier alpha value is -2.63. The normalized spacial score (nSPS) is 21.0. The molecular formula is C24H29F2N5O3S. The van der Waals surface area contributed by atoms with Gasteiger partial charge in [-0.2, -0.15) is 4.31 Å². The van der Waals surface area contributed by atoms with Crippen LogP contribution in [0.3, 0.4) is 0 Å². The fourth-order valence-electron chi connectivity index (χ4n) is 4.81. The van der Waals surface area contributed by atoms with E-state index < -0.39 is 21.9 Å². The third-order valence-corrected chi connectivity index (χ3v) is 8.43. The second-order valence-corrected chi connectivity index (χ2v) is 11.7. The summed E-state index contributed by atoms with van der Waals surface area (Å²) in [7, 11) is -1.55. The molecule has 1 aromatic carbocycles. The van der Waals surface area contributed by atoms with Crippen LogP contribution >= 0.6 is 0 Å². The van der Waals surface area contributed by atoms with E-state index >= 15 is 0 Å². The Balaban J connectivity index is 1.39. The van der Waals surface area contributed by atoms with Crippen LogP contribution in [0.1, 0.15) is 17.5 Å². The van der Waals surface area contributed by atoms with Crippen molar-refractivity contribution in [3.05, 3.63) is 51.9 Å². The summed E-state index contributed by atoms with van der Waals surface area (Å²) in [6.45, 7) is 4.96. The van der Waals surface area contributed by atoms with Gasteiger partial charge in [0, 0.05) is 64.2 Å². The topological polar surface area (TPSA) is 80.4 Å². The van der Waals surface area contributed by atoms with Gasteiger partial charge in [0.25, 0.3) is 5.92 Å². The number of pyridine rings is 1. The molecule has 188 valence electrons. The van der Waals surface area contributed by atoms with E-state index in [-0.39, 0.29) is 18.7 Å². The van der Waals surface area contributed by atoms with Gasteiger partial charge in [0.15, 0.2) is 5.65 Å². The Labute approximate surface area is 202 Å². The van der Waals surface area contributed by atoms with E-state index in [4.69, 9.17) is 4.98 Å². The Morgan fingerprint density at radius 2 is 1.80 bits per heavy atom. The van der Waals surface area contributed by atoms with Gasteiger partial charge in [0.1, 0.15) is 0 Å². The fraction of sp³-hybridized carbons (Fsp3) is 0.500. The molecule has 1 saturated carbocycles. The molecule has 2 aliphatic rings. The highest BCUT2D eigenvalue weighted by Crippen LogP contribution is 2.49. The van der Waals surface area contributed by atoms with E-state index in [1.54, 1.807) is 13.1 Å². The van der Waals surface area contributed by atoms with Gasteiger partial charge in [0.2, 0.25) is 10.0 Å². The van der Waals surface area contributed by atoms with Crippen molar-refractivity contribution in [2.75, 3.05) is 32.4 Å². The number of aromatic nitrogens is 3. The summed E-state index contributed by atoms with van der Waals surface area (Å²) >= 11 is 0. The third-order valence-electron chi connectivity index (χ3n) is 7.12. The number of imidazole rings is 1. The standard InChI is InChI=1S/C24H29F2N5O3S/c1-16-4-5-17(14-29-8-10-30(11-9-29)35(3,33)34)12-19(16)20-6-7-21-22(27-20)28(2)23(32)31(21)15-18-13-24(18,25)26/h4-7,12,18H,8-11,13-15H2,1-3H3. The molecule has 0 radical (unpaired) electrons. The summed E-state index contributed by atoms with van der Waals surface area (Å²) in [4.78, 5) is 19.7. The number of aryl methyl sites for hydroxylation is 2. The summed E-state index contributed by atoms with van der Waals surface area (Å²) in [5, 5.41) is 0. The molecule has 0 spiro atoms. The predicted molar refractivity (Wildman–Crippen MR) is 130 cm³/mol. The largest absolute Gasteiger partial charge is 0.330 e. The molecule has 0 N–H and O–H groups in total. The maximum Gasteiger partial charge on any atom is 0.330 e. The van der Waals surface area contributed by atoms with Crippen molar-refractivity contribution in [2.24, 2.45) is 13.0 Å². The molecule has 2 aromatic heterocycles. The molecule has 0 bridgehead atoms. The predicted octanol–water partition coefficient (Wildman–Crippen LogP) is 2.44. The number of hydrogen-bond acceptors (Lipinski definition) is 5. The highest BCUT2D eigenvalue weighted by molar-refractivity contribution is 7.88. The summed E-state index contributed by atoms with van der Waals surface area (Å²) in [6, 6.07) is 9.79. The first-order valence-corrected chi connectivity index (χ1v) is 13.5. The zero-order chi connectivity index (χ0) is 25.1. The summed E-state index contributed by atoms with van der Waals surface area (Å²) < 4.78 is 54.8. The van der Waals surface area contributed by atoms with Crippen LogP contribution in [-0.4, -0.2) is 70.1 Å². The van der Waals surface area contributed by atoms with Gasteiger partial charge < -0.3 is 0 Å². The minimum absolute atomic E-state index is 0.00862. The molecule has 1 saturated heterocycles. The highest BCUT2D eigenvalue weighted by atomic mass is 32.2. The van der Waals surface area contributed by atoms with Crippen LogP contribution in [0.15, 0.2) is 35.1 Å². The summed E-state index contributed by atoms with van der Waals surface area (Å²) in [6.07, 6.45) is 1.06. The molecule has 11 heteroatoms. The number of fused-ring (bicyclic) bond motifs is 1. The summed E-state index contributed by atoms with van der Waals surface area (Å²) in [5.41, 5.74) is 4.45. The minimum Gasteiger partial charge on any atom is -0.296 e. The number of sulfonamides is 1. The maximum atomic E-state index is 13.5. The van der Waals surface area contributed by atoms with E-state index in [1.165, 1.54) is 19.7 Å². The smallest absolute Gasteiger partial charge is 0.296 e. The molecular weight excluding hydrogens is 476 g/mol. The SMILES string of the molecule is Cc1ccc(CN2CCN(S(C)(=O)=O)CC2)cc1-c1ccc2c(n1)n(C)c(=O)n2CC1CC1(F)F. The number of hydrogen-bond donors (Lipinski definition) is 0. The van der Waals surface area contributed by atoms with Crippen LogP contribution in [0.5, 0.6) is 0 Å². The quantitative estimate of drug-likeness (QED) is 0.514. The molecule has 0 amide bonds. The van der Waals surface area contributed by atoms with Crippen molar-refractivity contribution in [3.8, 4) is 11.3 Å². The Kier molecular flexibility index (Phi) is 5.84. The molecule has 1 unspecified atom stereocenters. The van der Waals surface area contributed by atoms with Gasteiger partial charge in [-0.1, -0.05) is 12.1 Å². The number of piperazine rings is 1. The average Bonchev–Trinajstić information content (AvgIpc) is 3.35. The van der Waals surface area contributed by atoms with Gasteiger partial charge in [-0.25, -0.2) is 27.0 Å². The molecule has 1 atom stereocenters. The van der Waals surface area contributed by atoms with Crippen LogP contribution in [0.4, 0.5) is 8.78 Å². The molecule has 35 heavy (non-hydrogen) atoms. The molecule has 3 aromatic rings.